The van der Waals surface area contributed by atoms with Crippen molar-refractivity contribution in [1.29, 1.82) is 0 Å². The van der Waals surface area contributed by atoms with Gasteiger partial charge in [-0.1, -0.05) is 12.1 Å². The number of nitrogens with one attached hydrogen (secondary N) is 1. The standard InChI is InChI=1S/C16H21NO3S2/c1-12(2)22(18,19)17-10-13(3)20-16-6-4-14(5-7-16)15-8-9-21-11-15/h4-9,11-13,17H,10H2,1-3H3. The summed E-state index contributed by atoms with van der Waals surface area (Å²) < 4.78 is 31.7. The van der Waals surface area contributed by atoms with Crippen molar-refractivity contribution in [2.45, 2.75) is 32.1 Å². The molecule has 0 aliphatic rings. The van der Waals surface area contributed by atoms with Gasteiger partial charge in [-0.05, 0) is 60.9 Å². The molecule has 1 heterocycles. The lowest BCUT2D eigenvalue weighted by molar-refractivity contribution is 0.225. The molecule has 0 amide bonds. The molecule has 1 atom stereocenters. The van der Waals surface area contributed by atoms with E-state index in [4.69, 9.17) is 4.74 Å². The van der Waals surface area contributed by atoms with Gasteiger partial charge in [-0.25, -0.2) is 13.1 Å². The molecule has 2 aromatic rings. The van der Waals surface area contributed by atoms with Crippen LogP contribution in [0.3, 0.4) is 0 Å². The molecule has 6 heteroatoms. The summed E-state index contributed by atoms with van der Waals surface area (Å²) in [7, 11) is -3.25. The average molecular weight is 339 g/mol. The zero-order valence-electron chi connectivity index (χ0n) is 12.9. The van der Waals surface area contributed by atoms with Crippen LogP contribution in [-0.2, 0) is 10.0 Å². The van der Waals surface area contributed by atoms with Crippen LogP contribution < -0.4 is 9.46 Å². The Balaban J connectivity index is 1.91. The third kappa shape index (κ3) is 4.56. The van der Waals surface area contributed by atoms with Crippen molar-refractivity contribution in [2.24, 2.45) is 0 Å². The summed E-state index contributed by atoms with van der Waals surface area (Å²) in [5, 5.41) is 3.70. The van der Waals surface area contributed by atoms with Crippen molar-refractivity contribution in [3.8, 4) is 16.9 Å². The smallest absolute Gasteiger partial charge is 0.214 e. The first-order chi connectivity index (χ1) is 10.4. The molecule has 1 aromatic carbocycles. The second-order valence-corrected chi connectivity index (χ2v) is 8.51. The van der Waals surface area contributed by atoms with E-state index < -0.39 is 15.3 Å². The molecule has 0 bridgehead atoms. The molecule has 0 spiro atoms. The van der Waals surface area contributed by atoms with Gasteiger partial charge in [-0.2, -0.15) is 11.3 Å². The minimum absolute atomic E-state index is 0.236. The van der Waals surface area contributed by atoms with Gasteiger partial charge < -0.3 is 4.74 Å². The highest BCUT2D eigenvalue weighted by Crippen LogP contribution is 2.24. The Labute approximate surface area is 136 Å². The lowest BCUT2D eigenvalue weighted by Gasteiger charge is -2.17. The molecular formula is C16H21NO3S2. The van der Waals surface area contributed by atoms with E-state index >= 15 is 0 Å². The van der Waals surface area contributed by atoms with Gasteiger partial charge in [0.1, 0.15) is 11.9 Å². The third-order valence-electron chi connectivity index (χ3n) is 3.24. The lowest BCUT2D eigenvalue weighted by atomic mass is 10.1. The van der Waals surface area contributed by atoms with Crippen LogP contribution in [0, 0.1) is 0 Å². The molecule has 4 nitrogen and oxygen atoms in total. The molecule has 0 saturated heterocycles. The van der Waals surface area contributed by atoms with Crippen molar-refractivity contribution in [3.05, 3.63) is 41.1 Å². The second-order valence-electron chi connectivity index (χ2n) is 5.41. The molecule has 0 aliphatic heterocycles. The van der Waals surface area contributed by atoms with Crippen molar-refractivity contribution < 1.29 is 13.2 Å². The van der Waals surface area contributed by atoms with Crippen LogP contribution in [0.2, 0.25) is 0 Å². The highest BCUT2D eigenvalue weighted by Gasteiger charge is 2.16. The van der Waals surface area contributed by atoms with Gasteiger partial charge >= 0.3 is 0 Å². The van der Waals surface area contributed by atoms with E-state index in [0.29, 0.717) is 0 Å². The second kappa shape index (κ2) is 7.26. The molecule has 120 valence electrons. The van der Waals surface area contributed by atoms with Crippen LogP contribution in [0.15, 0.2) is 41.1 Å². The Morgan fingerprint density at radius 3 is 2.32 bits per heavy atom. The van der Waals surface area contributed by atoms with Crippen LogP contribution in [0.1, 0.15) is 20.8 Å². The first-order valence-electron chi connectivity index (χ1n) is 7.16. The molecule has 2 rings (SSSR count). The van der Waals surface area contributed by atoms with Crippen molar-refractivity contribution in [1.82, 2.24) is 4.72 Å². The van der Waals surface area contributed by atoms with E-state index in [0.717, 1.165) is 11.3 Å². The Hall–Kier alpha value is -1.37. The van der Waals surface area contributed by atoms with Crippen LogP contribution in [0.5, 0.6) is 5.75 Å². The Kier molecular flexibility index (Phi) is 5.61. The number of hydrogen-bond acceptors (Lipinski definition) is 4. The van der Waals surface area contributed by atoms with Crippen molar-refractivity contribution in [3.63, 3.8) is 0 Å². The summed E-state index contributed by atoms with van der Waals surface area (Å²) in [6.07, 6.45) is -0.236. The third-order valence-corrected chi connectivity index (χ3v) is 5.73. The number of thiophene rings is 1. The number of rotatable bonds is 7. The molecule has 0 radical (unpaired) electrons. The minimum Gasteiger partial charge on any atom is -0.489 e. The van der Waals surface area contributed by atoms with Gasteiger partial charge in [0.2, 0.25) is 10.0 Å². The molecule has 0 aliphatic carbocycles. The van der Waals surface area contributed by atoms with Crippen molar-refractivity contribution in [2.75, 3.05) is 6.54 Å². The van der Waals surface area contributed by atoms with Crippen LogP contribution in [0.25, 0.3) is 11.1 Å². The number of hydrogen-bond donors (Lipinski definition) is 1. The van der Waals surface area contributed by atoms with Gasteiger partial charge in [0.25, 0.3) is 0 Å². The van der Waals surface area contributed by atoms with E-state index in [1.165, 1.54) is 5.56 Å². The first kappa shape index (κ1) is 17.0. The van der Waals surface area contributed by atoms with Gasteiger partial charge in [0.15, 0.2) is 0 Å². The summed E-state index contributed by atoms with van der Waals surface area (Å²) in [5.41, 5.74) is 2.33. The summed E-state index contributed by atoms with van der Waals surface area (Å²) in [4.78, 5) is 0. The van der Waals surface area contributed by atoms with E-state index in [1.54, 1.807) is 25.2 Å². The molecule has 1 unspecified atom stereocenters. The highest BCUT2D eigenvalue weighted by atomic mass is 32.2. The molecule has 1 N–H and O–H groups in total. The number of ether oxygens (including phenoxy) is 1. The fourth-order valence-corrected chi connectivity index (χ4v) is 3.29. The normalized spacial score (nSPS) is 13.3. The monoisotopic (exact) mass is 339 g/mol. The van der Waals surface area contributed by atoms with Gasteiger partial charge in [-0.3, -0.25) is 0 Å². The van der Waals surface area contributed by atoms with E-state index in [-0.39, 0.29) is 12.6 Å². The van der Waals surface area contributed by atoms with E-state index in [1.807, 2.05) is 36.6 Å². The first-order valence-corrected chi connectivity index (χ1v) is 9.65. The van der Waals surface area contributed by atoms with Gasteiger partial charge in [-0.15, -0.1) is 0 Å². The summed E-state index contributed by atoms with van der Waals surface area (Å²) in [5.74, 6) is 0.732. The molecule has 1 aromatic heterocycles. The van der Waals surface area contributed by atoms with Crippen molar-refractivity contribution >= 4 is 21.4 Å². The fraction of sp³-hybridized carbons (Fsp3) is 0.375. The summed E-state index contributed by atoms with van der Waals surface area (Å²) in [6, 6.07) is 9.88. The lowest BCUT2D eigenvalue weighted by Crippen LogP contribution is -2.37. The maximum atomic E-state index is 11.7. The summed E-state index contributed by atoms with van der Waals surface area (Å²) in [6.45, 7) is 5.40. The molecular weight excluding hydrogens is 318 g/mol. The maximum absolute atomic E-state index is 11.7. The largest absolute Gasteiger partial charge is 0.489 e. The summed E-state index contributed by atoms with van der Waals surface area (Å²) >= 11 is 1.66. The predicted molar refractivity (Wildman–Crippen MR) is 91.9 cm³/mol. The quantitative estimate of drug-likeness (QED) is 0.840. The SMILES string of the molecule is CC(CNS(=O)(=O)C(C)C)Oc1ccc(-c2ccsc2)cc1. The Morgan fingerprint density at radius 1 is 1.09 bits per heavy atom. The van der Waals surface area contributed by atoms with E-state index in [9.17, 15) is 8.42 Å². The highest BCUT2D eigenvalue weighted by molar-refractivity contribution is 7.90. The van der Waals surface area contributed by atoms with Gasteiger partial charge in [0, 0.05) is 6.54 Å². The fourth-order valence-electron chi connectivity index (χ4n) is 1.83. The predicted octanol–water partition coefficient (Wildman–Crippen LogP) is 3.51. The molecule has 0 fully saturated rings. The number of benzene rings is 1. The zero-order valence-corrected chi connectivity index (χ0v) is 14.6. The average Bonchev–Trinajstić information content (AvgIpc) is 3.00. The maximum Gasteiger partial charge on any atom is 0.214 e. The molecule has 0 saturated carbocycles. The van der Waals surface area contributed by atoms with Crippen LogP contribution in [0.4, 0.5) is 0 Å². The molecule has 22 heavy (non-hydrogen) atoms. The van der Waals surface area contributed by atoms with Crippen LogP contribution in [-0.4, -0.2) is 26.3 Å². The Morgan fingerprint density at radius 2 is 1.77 bits per heavy atom. The minimum atomic E-state index is -3.25. The van der Waals surface area contributed by atoms with Crippen LogP contribution >= 0.6 is 11.3 Å². The van der Waals surface area contributed by atoms with E-state index in [2.05, 4.69) is 16.2 Å². The zero-order chi connectivity index (χ0) is 16.2. The topological polar surface area (TPSA) is 55.4 Å². The Bertz CT molecular complexity index is 677. The van der Waals surface area contributed by atoms with Gasteiger partial charge in [0.05, 0.1) is 5.25 Å². The number of sulfonamides is 1.